The Kier molecular flexibility index (Phi) is 9.04. The van der Waals surface area contributed by atoms with Gasteiger partial charge in [0.2, 0.25) is 5.43 Å². The normalized spacial score (nSPS) is 11.4. The molecule has 8 nitrogen and oxygen atoms in total. The highest BCUT2D eigenvalue weighted by Gasteiger charge is 2.22. The highest BCUT2D eigenvalue weighted by molar-refractivity contribution is 7.98. The summed E-state index contributed by atoms with van der Waals surface area (Å²) in [5, 5.41) is 14.8. The van der Waals surface area contributed by atoms with E-state index in [1.165, 1.54) is 11.8 Å². The summed E-state index contributed by atoms with van der Waals surface area (Å²) in [6.07, 6.45) is 3.84. The van der Waals surface area contributed by atoms with Gasteiger partial charge in [-0.1, -0.05) is 43.0 Å². The molecule has 0 radical (unpaired) electrons. The second-order valence-corrected chi connectivity index (χ2v) is 8.82. The first-order valence-corrected chi connectivity index (χ1v) is 12.4. The smallest absolute Gasteiger partial charge is 0.326 e. The zero-order valence-corrected chi connectivity index (χ0v) is 20.4. The monoisotopic (exact) mass is 509 g/mol. The number of hydrogen-bond donors (Lipinski definition) is 4. The van der Waals surface area contributed by atoms with Gasteiger partial charge in [0.25, 0.3) is 11.1 Å². The van der Waals surface area contributed by atoms with E-state index in [0.717, 1.165) is 10.9 Å². The van der Waals surface area contributed by atoms with Gasteiger partial charge in [-0.2, -0.15) is 11.8 Å². The van der Waals surface area contributed by atoms with Gasteiger partial charge in [0.15, 0.2) is 0 Å². The minimum atomic E-state index is -1.07. The van der Waals surface area contributed by atoms with Crippen LogP contribution in [0.15, 0.2) is 71.7 Å². The number of rotatable bonds is 8. The number of carboxylic acids is 1. The van der Waals surface area contributed by atoms with Crippen LogP contribution < -0.4 is 16.1 Å². The Morgan fingerprint density at radius 2 is 1.83 bits per heavy atom. The topological polar surface area (TPSA) is 125 Å². The van der Waals surface area contributed by atoms with Gasteiger partial charge in [-0.25, -0.2) is 4.79 Å². The van der Waals surface area contributed by atoms with Crippen LogP contribution in [-0.4, -0.2) is 45.3 Å². The van der Waals surface area contributed by atoms with E-state index in [4.69, 9.17) is 0 Å². The largest absolute Gasteiger partial charge is 0.480 e. The standard InChI is InChI=1S/C19H20N2O4S2.C6H3NO/c1-27-10-9-16(18(23)24)21-17(22)14-8-7-13(20-19(25)26)11-15(14)12-5-3-2-4-6-12;8-6-4-2-1-3-7-5(4)6/h2-8,11,16H,9-10H2,1H3,(H,21,22)(H,23,24)(H2,20,25,26);1-3H. The van der Waals surface area contributed by atoms with E-state index in [9.17, 15) is 24.3 Å². The molecule has 3 aromatic carbocycles. The number of aliphatic carboxylic acids is 1. The first-order chi connectivity index (χ1) is 16.8. The molecule has 0 saturated heterocycles. The van der Waals surface area contributed by atoms with E-state index in [1.807, 2.05) is 36.6 Å². The summed E-state index contributed by atoms with van der Waals surface area (Å²) in [7, 11) is 0. The van der Waals surface area contributed by atoms with Crippen molar-refractivity contribution in [1.82, 2.24) is 10.3 Å². The highest BCUT2D eigenvalue weighted by atomic mass is 32.2. The van der Waals surface area contributed by atoms with Gasteiger partial charge in [0.1, 0.15) is 11.6 Å². The van der Waals surface area contributed by atoms with Gasteiger partial charge in [0.05, 0.1) is 5.39 Å². The van der Waals surface area contributed by atoms with Crippen molar-refractivity contribution in [2.45, 2.75) is 12.5 Å². The number of nitrogens with zero attached hydrogens (tertiary/aromatic N) is 1. The molecular weight excluding hydrogens is 486 g/mol. The minimum absolute atomic E-state index is 0.106. The maximum absolute atomic E-state index is 12.8. The van der Waals surface area contributed by atoms with Crippen molar-refractivity contribution in [3.63, 3.8) is 0 Å². The lowest BCUT2D eigenvalue weighted by atomic mass is 9.98. The molecule has 10 heteroatoms. The van der Waals surface area contributed by atoms with Crippen LogP contribution in [0.5, 0.6) is 0 Å². The molecule has 35 heavy (non-hydrogen) atoms. The van der Waals surface area contributed by atoms with Crippen molar-refractivity contribution in [1.29, 1.82) is 0 Å². The number of nitrogens with one attached hydrogen (secondary N) is 2. The summed E-state index contributed by atoms with van der Waals surface area (Å²) in [6.45, 7) is 0. The Balaban J connectivity index is 0.000000355. The number of thiol groups is 1. The number of amides is 2. The van der Waals surface area contributed by atoms with Crippen LogP contribution in [0.3, 0.4) is 0 Å². The maximum Gasteiger partial charge on any atom is 0.326 e. The molecule has 0 bridgehead atoms. The number of fused-ring (bicyclic) bond motifs is 1. The summed E-state index contributed by atoms with van der Waals surface area (Å²) in [4.78, 5) is 49.7. The molecule has 4 rings (SSSR count). The van der Waals surface area contributed by atoms with E-state index in [-0.39, 0.29) is 5.43 Å². The van der Waals surface area contributed by atoms with Gasteiger partial charge < -0.3 is 15.7 Å². The molecule has 0 aliphatic carbocycles. The zero-order chi connectivity index (χ0) is 25.4. The number of pyridine rings is 1. The van der Waals surface area contributed by atoms with E-state index in [2.05, 4.69) is 28.2 Å². The molecule has 0 fully saturated rings. The Bertz CT molecular complexity index is 1320. The van der Waals surface area contributed by atoms with Crippen LogP contribution in [0.2, 0.25) is 0 Å². The SMILES string of the molecule is CSCCC(NC(=O)c1ccc(NC(=O)S)cc1-c1ccccc1)C(=O)O.O=c1c2cccnc12. The number of anilines is 1. The Hall–Kier alpha value is -3.63. The average Bonchev–Trinajstić information content (AvgIpc) is 3.51. The molecule has 1 unspecified atom stereocenters. The average molecular weight is 510 g/mol. The first-order valence-electron chi connectivity index (χ1n) is 10.5. The molecular formula is C25H23N3O5S2. The van der Waals surface area contributed by atoms with Crippen LogP contribution in [0.25, 0.3) is 22.0 Å². The Morgan fingerprint density at radius 3 is 2.40 bits per heavy atom. The second-order valence-electron chi connectivity index (χ2n) is 7.43. The summed E-state index contributed by atoms with van der Waals surface area (Å²) < 4.78 is 0. The van der Waals surface area contributed by atoms with Crippen LogP contribution >= 0.6 is 24.4 Å². The predicted octanol–water partition coefficient (Wildman–Crippen LogP) is 4.22. The summed E-state index contributed by atoms with van der Waals surface area (Å²) >= 11 is 5.22. The van der Waals surface area contributed by atoms with Crippen LogP contribution in [0.1, 0.15) is 16.8 Å². The lowest BCUT2D eigenvalue weighted by Gasteiger charge is -2.17. The zero-order valence-electron chi connectivity index (χ0n) is 18.7. The van der Waals surface area contributed by atoms with Gasteiger partial charge in [-0.3, -0.25) is 19.4 Å². The van der Waals surface area contributed by atoms with Crippen molar-refractivity contribution >= 4 is 58.1 Å². The Morgan fingerprint density at radius 1 is 1.09 bits per heavy atom. The van der Waals surface area contributed by atoms with Crippen molar-refractivity contribution in [2.24, 2.45) is 0 Å². The van der Waals surface area contributed by atoms with Gasteiger partial charge in [-0.15, -0.1) is 0 Å². The maximum atomic E-state index is 12.8. The fourth-order valence-electron chi connectivity index (χ4n) is 3.24. The van der Waals surface area contributed by atoms with Crippen LogP contribution in [-0.2, 0) is 4.79 Å². The molecule has 3 N–H and O–H groups in total. The molecule has 4 aromatic rings. The van der Waals surface area contributed by atoms with Gasteiger partial charge in [-0.05, 0) is 59.9 Å². The minimum Gasteiger partial charge on any atom is -0.480 e. The lowest BCUT2D eigenvalue weighted by Crippen LogP contribution is -2.41. The number of carbonyl (C=O) groups is 3. The molecule has 1 atom stereocenters. The van der Waals surface area contributed by atoms with Crippen molar-refractivity contribution in [3.8, 4) is 11.1 Å². The number of aromatic nitrogens is 1. The molecule has 0 aliphatic heterocycles. The predicted molar refractivity (Wildman–Crippen MR) is 142 cm³/mol. The fraction of sp³-hybridized carbons (Fsp3) is 0.160. The number of carboxylic acid groups (broad SMARTS) is 1. The van der Waals surface area contributed by atoms with E-state index in [1.54, 1.807) is 36.5 Å². The summed E-state index contributed by atoms with van der Waals surface area (Å²) in [5.41, 5.74) is 2.93. The molecule has 0 saturated carbocycles. The molecule has 1 heterocycles. The lowest BCUT2D eigenvalue weighted by molar-refractivity contribution is -0.139. The van der Waals surface area contributed by atoms with E-state index < -0.39 is 23.2 Å². The summed E-state index contributed by atoms with van der Waals surface area (Å²) in [5.74, 6) is -0.931. The van der Waals surface area contributed by atoms with Crippen molar-refractivity contribution in [3.05, 3.63) is 82.6 Å². The van der Waals surface area contributed by atoms with Crippen molar-refractivity contribution < 1.29 is 19.5 Å². The van der Waals surface area contributed by atoms with Crippen LogP contribution in [0.4, 0.5) is 10.5 Å². The fourth-order valence-corrected chi connectivity index (χ4v) is 3.84. The molecule has 2 amide bonds. The quantitative estimate of drug-likeness (QED) is 0.262. The highest BCUT2D eigenvalue weighted by Crippen LogP contribution is 2.27. The third-order valence-corrected chi connectivity index (χ3v) is 5.77. The third kappa shape index (κ3) is 7.17. The third-order valence-electron chi connectivity index (χ3n) is 5.02. The number of hydrogen-bond acceptors (Lipinski definition) is 6. The second kappa shape index (κ2) is 12.2. The van der Waals surface area contributed by atoms with E-state index in [0.29, 0.717) is 34.5 Å². The molecule has 180 valence electrons. The number of benzene rings is 2. The summed E-state index contributed by atoms with van der Waals surface area (Å²) in [6, 6.07) is 16.6. The van der Waals surface area contributed by atoms with Crippen molar-refractivity contribution in [2.75, 3.05) is 17.3 Å². The number of thioether (sulfide) groups is 1. The molecule has 0 spiro atoms. The van der Waals surface area contributed by atoms with Gasteiger partial charge >= 0.3 is 5.97 Å². The number of carbonyl (C=O) groups excluding carboxylic acids is 2. The van der Waals surface area contributed by atoms with Gasteiger partial charge in [0, 0.05) is 17.4 Å². The van der Waals surface area contributed by atoms with Crippen LogP contribution in [0, 0.1) is 0 Å². The Labute approximate surface area is 211 Å². The van der Waals surface area contributed by atoms with E-state index >= 15 is 0 Å². The molecule has 1 aromatic heterocycles. The molecule has 0 aliphatic rings. The first kappa shape index (κ1) is 26.0.